The minimum atomic E-state index is 0.173. The summed E-state index contributed by atoms with van der Waals surface area (Å²) in [5, 5.41) is 0. The first kappa shape index (κ1) is 17.5. The zero-order chi connectivity index (χ0) is 17.6. The van der Waals surface area contributed by atoms with Gasteiger partial charge in [0, 0.05) is 31.3 Å². The Morgan fingerprint density at radius 2 is 1.88 bits per heavy atom. The van der Waals surface area contributed by atoms with Gasteiger partial charge in [-0.2, -0.15) is 0 Å². The van der Waals surface area contributed by atoms with Crippen molar-refractivity contribution in [2.45, 2.75) is 76.0 Å². The van der Waals surface area contributed by atoms with Crippen LogP contribution in [-0.4, -0.2) is 66.9 Å². The second kappa shape index (κ2) is 6.66. The van der Waals surface area contributed by atoms with Gasteiger partial charge >= 0.3 is 0 Å². The van der Waals surface area contributed by atoms with E-state index in [-0.39, 0.29) is 23.5 Å². The minimum absolute atomic E-state index is 0.173. The summed E-state index contributed by atoms with van der Waals surface area (Å²) in [6, 6.07) is 0.848. The predicted octanol–water partition coefficient (Wildman–Crippen LogP) is 2.24. The van der Waals surface area contributed by atoms with E-state index in [1.165, 1.54) is 0 Å². The van der Waals surface area contributed by atoms with Gasteiger partial charge in [0.25, 0.3) is 0 Å². The highest BCUT2D eigenvalue weighted by Gasteiger charge is 2.48. The van der Waals surface area contributed by atoms with E-state index in [0.29, 0.717) is 24.3 Å². The summed E-state index contributed by atoms with van der Waals surface area (Å²) in [5.74, 6) is 0.951. The van der Waals surface area contributed by atoms with E-state index >= 15 is 0 Å². The van der Waals surface area contributed by atoms with Crippen molar-refractivity contribution in [2.24, 2.45) is 11.3 Å². The van der Waals surface area contributed by atoms with E-state index in [4.69, 9.17) is 4.74 Å². The Morgan fingerprint density at radius 1 is 1.16 bits per heavy atom. The number of amides is 1. The Bertz CT molecular complexity index is 529. The summed E-state index contributed by atoms with van der Waals surface area (Å²) in [7, 11) is 4.28. The molecule has 4 rings (SSSR count). The van der Waals surface area contributed by atoms with Crippen molar-refractivity contribution >= 4 is 11.7 Å². The molecule has 25 heavy (non-hydrogen) atoms. The topological polar surface area (TPSA) is 49.9 Å². The van der Waals surface area contributed by atoms with E-state index in [0.717, 1.165) is 64.3 Å². The molecule has 1 amide bonds. The van der Waals surface area contributed by atoms with Crippen LogP contribution in [0.25, 0.3) is 0 Å². The molecule has 0 bridgehead atoms. The number of carbonyl (C=O) groups excluding carboxylic acids is 2. The van der Waals surface area contributed by atoms with Crippen LogP contribution in [0.1, 0.15) is 57.8 Å². The summed E-state index contributed by atoms with van der Waals surface area (Å²) in [5.41, 5.74) is 0.269. The van der Waals surface area contributed by atoms with Crippen molar-refractivity contribution in [3.63, 3.8) is 0 Å². The lowest BCUT2D eigenvalue weighted by molar-refractivity contribution is -0.158. The lowest BCUT2D eigenvalue weighted by atomic mass is 9.58. The quantitative estimate of drug-likeness (QED) is 0.768. The molecule has 0 aromatic carbocycles. The van der Waals surface area contributed by atoms with Crippen molar-refractivity contribution in [1.82, 2.24) is 9.80 Å². The highest BCUT2D eigenvalue weighted by molar-refractivity contribution is 5.86. The average molecular weight is 348 g/mol. The van der Waals surface area contributed by atoms with E-state index in [1.807, 2.05) is 0 Å². The Morgan fingerprint density at radius 3 is 2.52 bits per heavy atom. The molecule has 5 nitrogen and oxygen atoms in total. The molecular weight excluding hydrogens is 316 g/mol. The zero-order valence-corrected chi connectivity index (χ0v) is 15.7. The molecular formula is C20H32N2O3. The number of ketones is 1. The number of hydrogen-bond donors (Lipinski definition) is 0. The Balaban J connectivity index is 1.36. The molecule has 3 atom stereocenters. The standard InChI is InChI=1S/C20H32N2O3/c1-21(2)15-3-4-17-18(11-15)25-10-9-22(17)19(24)14-5-7-20(8-6-14)12-16(23)13-20/h14-15,17-18H,3-13H2,1-2H3. The van der Waals surface area contributed by atoms with Crippen LogP contribution in [0.4, 0.5) is 0 Å². The van der Waals surface area contributed by atoms with Gasteiger partial charge in [-0.3, -0.25) is 9.59 Å². The summed E-state index contributed by atoms with van der Waals surface area (Å²) in [6.45, 7) is 1.44. The fourth-order valence-electron chi connectivity index (χ4n) is 5.69. The van der Waals surface area contributed by atoms with Crippen LogP contribution in [0.3, 0.4) is 0 Å². The Labute approximate surface area is 151 Å². The highest BCUT2D eigenvalue weighted by atomic mass is 16.5. The van der Waals surface area contributed by atoms with E-state index in [2.05, 4.69) is 23.9 Å². The van der Waals surface area contributed by atoms with Gasteiger partial charge in [-0.25, -0.2) is 0 Å². The summed E-state index contributed by atoms with van der Waals surface area (Å²) in [6.07, 6.45) is 9.07. The maximum Gasteiger partial charge on any atom is 0.226 e. The van der Waals surface area contributed by atoms with Crippen LogP contribution in [-0.2, 0) is 14.3 Å². The van der Waals surface area contributed by atoms with Crippen LogP contribution in [0.5, 0.6) is 0 Å². The number of fused-ring (bicyclic) bond motifs is 1. The van der Waals surface area contributed by atoms with Crippen molar-refractivity contribution in [2.75, 3.05) is 27.2 Å². The average Bonchev–Trinajstić information content (AvgIpc) is 2.59. The maximum atomic E-state index is 13.2. The SMILES string of the molecule is CN(C)C1CCC2C(C1)OCCN2C(=O)C1CCC2(CC1)CC(=O)C2. The van der Waals surface area contributed by atoms with Gasteiger partial charge in [0.15, 0.2) is 0 Å². The monoisotopic (exact) mass is 348 g/mol. The first-order chi connectivity index (χ1) is 12.0. The molecule has 1 saturated heterocycles. The second-order valence-electron chi connectivity index (χ2n) is 9.11. The normalized spacial score (nSPS) is 35.6. The summed E-state index contributed by atoms with van der Waals surface area (Å²) in [4.78, 5) is 29.0. The molecule has 5 heteroatoms. The second-order valence-corrected chi connectivity index (χ2v) is 9.11. The third-order valence-electron chi connectivity index (χ3n) is 7.35. The highest BCUT2D eigenvalue weighted by Crippen LogP contribution is 2.51. The van der Waals surface area contributed by atoms with Crippen molar-refractivity contribution in [3.8, 4) is 0 Å². The molecule has 0 aromatic heterocycles. The maximum absolute atomic E-state index is 13.2. The molecule has 1 heterocycles. The molecule has 3 unspecified atom stereocenters. The van der Waals surface area contributed by atoms with Gasteiger partial charge in [-0.15, -0.1) is 0 Å². The van der Waals surface area contributed by atoms with Gasteiger partial charge in [-0.05, 0) is 64.5 Å². The van der Waals surface area contributed by atoms with E-state index in [9.17, 15) is 9.59 Å². The zero-order valence-electron chi connectivity index (χ0n) is 15.7. The van der Waals surface area contributed by atoms with Crippen molar-refractivity contribution in [1.29, 1.82) is 0 Å². The number of nitrogens with zero attached hydrogens (tertiary/aromatic N) is 2. The van der Waals surface area contributed by atoms with Gasteiger partial charge in [0.2, 0.25) is 5.91 Å². The fraction of sp³-hybridized carbons (Fsp3) is 0.900. The fourth-order valence-corrected chi connectivity index (χ4v) is 5.69. The molecule has 3 aliphatic carbocycles. The summed E-state index contributed by atoms with van der Waals surface area (Å²) < 4.78 is 6.04. The molecule has 0 N–H and O–H groups in total. The number of hydrogen-bond acceptors (Lipinski definition) is 4. The van der Waals surface area contributed by atoms with Crippen LogP contribution in [0.2, 0.25) is 0 Å². The largest absolute Gasteiger partial charge is 0.374 e. The lowest BCUT2D eigenvalue weighted by Crippen LogP contribution is -2.59. The molecule has 4 aliphatic rings. The van der Waals surface area contributed by atoms with E-state index < -0.39 is 0 Å². The molecule has 0 radical (unpaired) electrons. The van der Waals surface area contributed by atoms with Crippen LogP contribution in [0.15, 0.2) is 0 Å². The number of carbonyl (C=O) groups is 2. The third-order valence-corrected chi connectivity index (χ3v) is 7.35. The lowest BCUT2D eigenvalue weighted by Gasteiger charge is -2.49. The Kier molecular flexibility index (Phi) is 4.65. The molecule has 1 aliphatic heterocycles. The third kappa shape index (κ3) is 3.25. The number of Topliss-reactive ketones (excluding diaryl/α,β-unsaturated/α-hetero) is 1. The molecule has 4 fully saturated rings. The first-order valence-corrected chi connectivity index (χ1v) is 10.1. The first-order valence-electron chi connectivity index (χ1n) is 10.1. The van der Waals surface area contributed by atoms with Crippen molar-refractivity contribution < 1.29 is 14.3 Å². The van der Waals surface area contributed by atoms with Crippen LogP contribution in [0, 0.1) is 11.3 Å². The smallest absolute Gasteiger partial charge is 0.226 e. The van der Waals surface area contributed by atoms with Gasteiger partial charge in [-0.1, -0.05) is 0 Å². The molecule has 1 spiro atoms. The molecule has 0 aromatic rings. The van der Waals surface area contributed by atoms with Gasteiger partial charge < -0.3 is 14.5 Å². The predicted molar refractivity (Wildman–Crippen MR) is 95.2 cm³/mol. The Hall–Kier alpha value is -0.940. The minimum Gasteiger partial charge on any atom is -0.374 e. The number of ether oxygens (including phenoxy) is 1. The van der Waals surface area contributed by atoms with E-state index in [1.54, 1.807) is 0 Å². The van der Waals surface area contributed by atoms with Gasteiger partial charge in [0.1, 0.15) is 5.78 Å². The van der Waals surface area contributed by atoms with Gasteiger partial charge in [0.05, 0.1) is 18.8 Å². The van der Waals surface area contributed by atoms with Crippen molar-refractivity contribution in [3.05, 3.63) is 0 Å². The number of rotatable bonds is 2. The molecule has 3 saturated carbocycles. The summed E-state index contributed by atoms with van der Waals surface area (Å²) >= 11 is 0. The van der Waals surface area contributed by atoms with Crippen LogP contribution >= 0.6 is 0 Å². The molecule has 140 valence electrons. The number of morpholine rings is 1. The van der Waals surface area contributed by atoms with Crippen LogP contribution < -0.4 is 0 Å².